The molecule has 116 valence electrons. The average Bonchev–Trinajstić information content (AvgIpc) is 2.80. The van der Waals surface area contributed by atoms with Gasteiger partial charge in [-0.3, -0.25) is 9.59 Å². The largest absolute Gasteiger partial charge is 0.481 e. The Labute approximate surface area is 124 Å². The molecule has 0 bridgehead atoms. The number of aliphatic carboxylic acids is 1. The Morgan fingerprint density at radius 2 is 2.10 bits per heavy atom. The predicted molar refractivity (Wildman–Crippen MR) is 76.2 cm³/mol. The first-order valence-corrected chi connectivity index (χ1v) is 7.25. The zero-order valence-corrected chi connectivity index (χ0v) is 13.0. The number of likely N-dealkylation sites (tertiary alicyclic amines) is 1. The maximum atomic E-state index is 12.8. The minimum Gasteiger partial charge on any atom is -0.481 e. The maximum absolute atomic E-state index is 12.8. The summed E-state index contributed by atoms with van der Waals surface area (Å²) >= 11 is 0. The first kappa shape index (κ1) is 15.5. The summed E-state index contributed by atoms with van der Waals surface area (Å²) in [6, 6.07) is 0. The van der Waals surface area contributed by atoms with Crippen molar-refractivity contribution in [1.82, 2.24) is 10.1 Å². The molecule has 1 fully saturated rings. The third-order valence-corrected chi connectivity index (χ3v) is 4.13. The Hall–Kier alpha value is -1.85. The average molecular weight is 294 g/mol. The molecule has 1 aromatic rings. The van der Waals surface area contributed by atoms with Gasteiger partial charge in [0.05, 0.1) is 11.1 Å². The maximum Gasteiger partial charge on any atom is 0.311 e. The fourth-order valence-corrected chi connectivity index (χ4v) is 2.79. The van der Waals surface area contributed by atoms with Gasteiger partial charge in [0.15, 0.2) is 5.76 Å². The van der Waals surface area contributed by atoms with Crippen molar-refractivity contribution >= 4 is 11.9 Å². The minimum atomic E-state index is -0.878. The van der Waals surface area contributed by atoms with E-state index in [1.54, 1.807) is 18.7 Å². The minimum absolute atomic E-state index is 0.0563. The second kappa shape index (κ2) is 5.50. The normalized spacial score (nSPS) is 22.6. The molecule has 6 nitrogen and oxygen atoms in total. The molecule has 2 rings (SSSR count). The first-order chi connectivity index (χ1) is 9.76. The van der Waals surface area contributed by atoms with Crippen LogP contribution >= 0.6 is 0 Å². The highest BCUT2D eigenvalue weighted by Gasteiger charge is 2.40. The van der Waals surface area contributed by atoms with E-state index in [2.05, 4.69) is 5.16 Å². The van der Waals surface area contributed by atoms with E-state index in [4.69, 9.17) is 4.52 Å². The number of carboxylic acid groups (broad SMARTS) is 1. The van der Waals surface area contributed by atoms with Gasteiger partial charge in [0.1, 0.15) is 5.56 Å². The molecular weight excluding hydrogens is 272 g/mol. The summed E-state index contributed by atoms with van der Waals surface area (Å²) in [7, 11) is 0. The lowest BCUT2D eigenvalue weighted by Gasteiger charge is -2.37. The smallest absolute Gasteiger partial charge is 0.311 e. The van der Waals surface area contributed by atoms with Gasteiger partial charge in [-0.25, -0.2) is 0 Å². The van der Waals surface area contributed by atoms with Crippen LogP contribution in [0.5, 0.6) is 0 Å². The van der Waals surface area contributed by atoms with E-state index in [1.807, 2.05) is 13.8 Å². The highest BCUT2D eigenvalue weighted by Crippen LogP contribution is 2.32. The van der Waals surface area contributed by atoms with Crippen LogP contribution in [0.2, 0.25) is 0 Å². The van der Waals surface area contributed by atoms with E-state index < -0.39 is 11.4 Å². The topological polar surface area (TPSA) is 83.6 Å². The summed E-state index contributed by atoms with van der Waals surface area (Å²) in [6.45, 7) is 8.11. The van der Waals surface area contributed by atoms with Gasteiger partial charge in [-0.05, 0) is 26.7 Å². The summed E-state index contributed by atoms with van der Waals surface area (Å²) in [5, 5.41) is 13.2. The van der Waals surface area contributed by atoms with Crippen molar-refractivity contribution in [2.45, 2.75) is 46.5 Å². The monoisotopic (exact) mass is 294 g/mol. The Kier molecular flexibility index (Phi) is 4.07. The molecule has 1 aliphatic heterocycles. The quantitative estimate of drug-likeness (QED) is 0.925. The summed E-state index contributed by atoms with van der Waals surface area (Å²) in [5.41, 5.74) is 0.169. The molecule has 0 radical (unpaired) electrons. The van der Waals surface area contributed by atoms with E-state index in [-0.39, 0.29) is 18.4 Å². The van der Waals surface area contributed by atoms with Crippen LogP contribution in [-0.4, -0.2) is 40.1 Å². The molecule has 2 heterocycles. The third kappa shape index (κ3) is 2.80. The lowest BCUT2D eigenvalue weighted by atomic mass is 9.82. The van der Waals surface area contributed by atoms with Gasteiger partial charge in [0, 0.05) is 19.0 Å². The van der Waals surface area contributed by atoms with Crippen molar-refractivity contribution in [2.24, 2.45) is 5.41 Å². The fraction of sp³-hybridized carbons (Fsp3) is 0.667. The number of piperidine rings is 1. The second-order valence-corrected chi connectivity index (χ2v) is 6.36. The Balaban J connectivity index is 2.28. The zero-order valence-electron chi connectivity index (χ0n) is 13.0. The SMILES string of the molecule is Cc1noc(C(C)C)c1C(=O)N1CCCC(C)(C(=O)O)C1. The van der Waals surface area contributed by atoms with Crippen molar-refractivity contribution in [1.29, 1.82) is 0 Å². The molecule has 0 saturated carbocycles. The van der Waals surface area contributed by atoms with Crippen LogP contribution in [0.4, 0.5) is 0 Å². The molecule has 1 N–H and O–H groups in total. The fourth-order valence-electron chi connectivity index (χ4n) is 2.79. The number of carboxylic acids is 1. The molecule has 0 spiro atoms. The molecular formula is C15H22N2O4. The van der Waals surface area contributed by atoms with Crippen LogP contribution in [0.1, 0.15) is 61.3 Å². The summed E-state index contributed by atoms with van der Waals surface area (Å²) in [6.07, 6.45) is 1.28. The number of hydrogen-bond acceptors (Lipinski definition) is 4. The van der Waals surface area contributed by atoms with Crippen LogP contribution < -0.4 is 0 Å². The lowest BCUT2D eigenvalue weighted by Crippen LogP contribution is -2.48. The van der Waals surface area contributed by atoms with Crippen molar-refractivity contribution < 1.29 is 19.2 Å². The van der Waals surface area contributed by atoms with E-state index in [9.17, 15) is 14.7 Å². The summed E-state index contributed by atoms with van der Waals surface area (Å²) in [4.78, 5) is 25.8. The highest BCUT2D eigenvalue weighted by atomic mass is 16.5. The van der Waals surface area contributed by atoms with E-state index in [0.717, 1.165) is 0 Å². The van der Waals surface area contributed by atoms with Gasteiger partial charge in [-0.2, -0.15) is 0 Å². The van der Waals surface area contributed by atoms with Crippen LogP contribution in [0.15, 0.2) is 4.52 Å². The summed E-state index contributed by atoms with van der Waals surface area (Å²) < 4.78 is 5.25. The van der Waals surface area contributed by atoms with Gasteiger partial charge < -0.3 is 14.5 Å². The molecule has 21 heavy (non-hydrogen) atoms. The van der Waals surface area contributed by atoms with Gasteiger partial charge in [0.2, 0.25) is 0 Å². The van der Waals surface area contributed by atoms with Crippen molar-refractivity contribution in [2.75, 3.05) is 13.1 Å². The number of rotatable bonds is 3. The molecule has 0 aromatic carbocycles. The van der Waals surface area contributed by atoms with Crippen molar-refractivity contribution in [3.05, 3.63) is 17.0 Å². The first-order valence-electron chi connectivity index (χ1n) is 7.25. The number of amides is 1. The van der Waals surface area contributed by atoms with Crippen molar-refractivity contribution in [3.8, 4) is 0 Å². The van der Waals surface area contributed by atoms with Gasteiger partial charge >= 0.3 is 5.97 Å². The van der Waals surface area contributed by atoms with Gasteiger partial charge in [0.25, 0.3) is 5.91 Å². The summed E-state index contributed by atoms with van der Waals surface area (Å²) in [5.74, 6) is -0.406. The van der Waals surface area contributed by atoms with Crippen LogP contribution in [0.3, 0.4) is 0 Å². The number of carbonyl (C=O) groups is 2. The molecule has 1 aliphatic rings. The zero-order chi connectivity index (χ0) is 15.8. The number of aromatic nitrogens is 1. The van der Waals surface area contributed by atoms with Crippen LogP contribution in [-0.2, 0) is 4.79 Å². The van der Waals surface area contributed by atoms with Gasteiger partial charge in [-0.15, -0.1) is 0 Å². The van der Waals surface area contributed by atoms with Crippen LogP contribution in [0, 0.1) is 12.3 Å². The molecule has 1 unspecified atom stereocenters. The Bertz CT molecular complexity index is 564. The van der Waals surface area contributed by atoms with E-state index in [0.29, 0.717) is 36.4 Å². The molecule has 1 aromatic heterocycles. The number of carbonyl (C=O) groups excluding carboxylic acids is 1. The number of aryl methyl sites for hydroxylation is 1. The van der Waals surface area contributed by atoms with E-state index >= 15 is 0 Å². The molecule has 0 aliphatic carbocycles. The third-order valence-electron chi connectivity index (χ3n) is 4.13. The molecule has 1 atom stereocenters. The molecule has 1 saturated heterocycles. The molecule has 6 heteroatoms. The Morgan fingerprint density at radius 3 is 2.67 bits per heavy atom. The van der Waals surface area contributed by atoms with Gasteiger partial charge in [-0.1, -0.05) is 19.0 Å². The van der Waals surface area contributed by atoms with E-state index in [1.165, 1.54) is 0 Å². The Morgan fingerprint density at radius 1 is 1.43 bits per heavy atom. The molecule has 1 amide bonds. The number of nitrogens with zero attached hydrogens (tertiary/aromatic N) is 2. The van der Waals surface area contributed by atoms with Crippen molar-refractivity contribution in [3.63, 3.8) is 0 Å². The second-order valence-electron chi connectivity index (χ2n) is 6.36. The standard InChI is InChI=1S/C15H22N2O4/c1-9(2)12-11(10(3)16-21-12)13(18)17-7-5-6-15(4,8-17)14(19)20/h9H,5-8H2,1-4H3,(H,19,20). The lowest BCUT2D eigenvalue weighted by molar-refractivity contribution is -0.150. The number of hydrogen-bond donors (Lipinski definition) is 1. The highest BCUT2D eigenvalue weighted by molar-refractivity contribution is 5.96. The predicted octanol–water partition coefficient (Wildman–Crippen LogP) is 2.43. The van der Waals surface area contributed by atoms with Crippen LogP contribution in [0.25, 0.3) is 0 Å².